The van der Waals surface area contributed by atoms with E-state index in [1.807, 2.05) is 6.07 Å². The van der Waals surface area contributed by atoms with Gasteiger partial charge in [0.1, 0.15) is 9.87 Å². The number of hydrogen-bond acceptors (Lipinski definition) is 3. The molecule has 0 saturated heterocycles. The van der Waals surface area contributed by atoms with Crippen LogP contribution in [0.2, 0.25) is 5.02 Å². The van der Waals surface area contributed by atoms with Crippen molar-refractivity contribution < 1.29 is 35.9 Å². The first-order chi connectivity index (χ1) is 17.0. The molecule has 2 fully saturated rings. The first-order valence-electron chi connectivity index (χ1n) is 10.5. The number of nitrogens with one attached hydrogen (secondary N) is 2. The highest BCUT2D eigenvalue weighted by Gasteiger charge is 2.68. The van der Waals surface area contributed by atoms with Gasteiger partial charge in [-0.1, -0.05) is 11.6 Å². The maximum Gasteiger partial charge on any atom is 0.416 e. The number of amides is 2. The Kier molecular flexibility index (Phi) is 6.63. The minimum Gasteiger partial charge on any atom is -0.334 e. The van der Waals surface area contributed by atoms with E-state index in [-0.39, 0.29) is 22.3 Å². The zero-order valence-electron chi connectivity index (χ0n) is 18.2. The Balaban J connectivity index is 1.58. The highest BCUT2D eigenvalue weighted by atomic mass is 35.5. The van der Waals surface area contributed by atoms with Crippen molar-refractivity contribution in [1.29, 1.82) is 5.26 Å². The second kappa shape index (κ2) is 8.96. The van der Waals surface area contributed by atoms with Gasteiger partial charge in [-0.05, 0) is 54.8 Å². The number of anilines is 1. The summed E-state index contributed by atoms with van der Waals surface area (Å²) in [5, 5.41) is 14.1. The minimum absolute atomic E-state index is 0.0150. The van der Waals surface area contributed by atoms with Gasteiger partial charge < -0.3 is 10.6 Å². The SMILES string of the molecule is N#CC1(NC(=O)c2cc(NC(=O)[C@@H]3[C@@H](c4cc(C(F)(F)F)cc(C(F)(F)F)c4)C3(Cl)Cl)ccc2Cl)CC1. The van der Waals surface area contributed by atoms with Crippen molar-refractivity contribution in [3.63, 3.8) is 0 Å². The van der Waals surface area contributed by atoms with E-state index in [1.165, 1.54) is 18.2 Å². The Morgan fingerprint density at radius 3 is 2.03 bits per heavy atom. The standard InChI is InChI=1S/C23H14Cl3F6N3O2/c24-15-2-1-13(8-14(15)18(36)35-20(9-33)3-4-20)34-19(37)17-16(21(17,25)26)10-5-11(22(27,28)29)7-12(6-10)23(30,31)32/h1-2,5-8,16-17H,3-4H2,(H,34,37)(H,35,36)/t16-,17+/m1/s1. The fraction of sp³-hybridized carbons (Fsp3) is 0.348. The van der Waals surface area contributed by atoms with Crippen molar-refractivity contribution in [2.45, 2.75) is 41.0 Å². The van der Waals surface area contributed by atoms with E-state index in [4.69, 9.17) is 40.1 Å². The van der Waals surface area contributed by atoms with E-state index >= 15 is 0 Å². The molecule has 5 nitrogen and oxygen atoms in total. The van der Waals surface area contributed by atoms with Crippen LogP contribution in [-0.4, -0.2) is 21.7 Å². The van der Waals surface area contributed by atoms with Crippen molar-refractivity contribution in [3.8, 4) is 6.07 Å². The van der Waals surface area contributed by atoms with E-state index in [2.05, 4.69) is 10.6 Å². The van der Waals surface area contributed by atoms with Gasteiger partial charge in [0.2, 0.25) is 5.91 Å². The molecule has 0 aliphatic heterocycles. The smallest absolute Gasteiger partial charge is 0.334 e. The van der Waals surface area contributed by atoms with Crippen molar-refractivity contribution in [2.24, 2.45) is 5.92 Å². The van der Waals surface area contributed by atoms with Gasteiger partial charge in [0, 0.05) is 11.6 Å². The summed E-state index contributed by atoms with van der Waals surface area (Å²) in [6.07, 6.45) is -9.25. The Hall–Kier alpha value is -2.68. The van der Waals surface area contributed by atoms with Crippen LogP contribution in [0.25, 0.3) is 0 Å². The van der Waals surface area contributed by atoms with Crippen LogP contribution in [0.4, 0.5) is 32.0 Å². The molecule has 2 aliphatic carbocycles. The Morgan fingerprint density at radius 2 is 1.54 bits per heavy atom. The fourth-order valence-corrected chi connectivity index (χ4v) is 4.93. The maximum atomic E-state index is 13.2. The first-order valence-corrected chi connectivity index (χ1v) is 11.6. The lowest BCUT2D eigenvalue weighted by Crippen LogP contribution is -2.35. The quantitative estimate of drug-likeness (QED) is 0.304. The summed E-state index contributed by atoms with van der Waals surface area (Å²) < 4.78 is 77.5. The van der Waals surface area contributed by atoms with Crippen LogP contribution in [0, 0.1) is 17.2 Å². The normalized spacial score (nSPS) is 21.5. The molecule has 0 spiro atoms. The minimum atomic E-state index is -5.09. The number of nitriles is 1. The van der Waals surface area contributed by atoms with Crippen LogP contribution in [0.5, 0.6) is 0 Å². The number of hydrogen-bond donors (Lipinski definition) is 2. The molecule has 0 bridgehead atoms. The van der Waals surface area contributed by atoms with Gasteiger partial charge in [-0.25, -0.2) is 0 Å². The third kappa shape index (κ3) is 5.47. The molecule has 2 amide bonds. The molecule has 0 aromatic heterocycles. The van der Waals surface area contributed by atoms with E-state index in [1.54, 1.807) is 0 Å². The topological polar surface area (TPSA) is 82.0 Å². The average molecular weight is 585 g/mol. The summed E-state index contributed by atoms with van der Waals surface area (Å²) in [7, 11) is 0. The van der Waals surface area contributed by atoms with Crippen LogP contribution in [0.1, 0.15) is 45.8 Å². The predicted octanol–water partition coefficient (Wildman–Crippen LogP) is 6.69. The number of benzene rings is 2. The highest BCUT2D eigenvalue weighted by molar-refractivity contribution is 6.53. The molecule has 0 radical (unpaired) electrons. The van der Waals surface area contributed by atoms with Gasteiger partial charge in [-0.2, -0.15) is 31.6 Å². The third-order valence-corrected chi connectivity index (χ3v) is 7.37. The van der Waals surface area contributed by atoms with E-state index < -0.39 is 62.6 Å². The van der Waals surface area contributed by atoms with Crippen molar-refractivity contribution >= 4 is 52.3 Å². The number of carbonyl (C=O) groups excluding carboxylic acids is 2. The van der Waals surface area contributed by atoms with E-state index in [0.717, 1.165) is 0 Å². The number of rotatable bonds is 5. The average Bonchev–Trinajstić information content (AvgIpc) is 3.68. The predicted molar refractivity (Wildman–Crippen MR) is 122 cm³/mol. The highest BCUT2D eigenvalue weighted by Crippen LogP contribution is 2.65. The lowest BCUT2D eigenvalue weighted by Gasteiger charge is -2.14. The molecule has 4 rings (SSSR count). The summed E-state index contributed by atoms with van der Waals surface area (Å²) in [4.78, 5) is 25.4. The molecule has 0 heterocycles. The number of alkyl halides is 8. The zero-order chi connectivity index (χ0) is 27.6. The number of nitrogens with zero attached hydrogens (tertiary/aromatic N) is 1. The number of carbonyl (C=O) groups is 2. The van der Waals surface area contributed by atoms with Crippen molar-refractivity contribution in [3.05, 3.63) is 63.7 Å². The van der Waals surface area contributed by atoms with Gasteiger partial charge in [0.25, 0.3) is 5.91 Å². The van der Waals surface area contributed by atoms with Crippen LogP contribution in [0.15, 0.2) is 36.4 Å². The summed E-state index contributed by atoms with van der Waals surface area (Å²) in [6, 6.07) is 6.71. The summed E-state index contributed by atoms with van der Waals surface area (Å²) in [5.74, 6) is -4.34. The van der Waals surface area contributed by atoms with Crippen LogP contribution in [-0.2, 0) is 17.1 Å². The number of halogens is 9. The van der Waals surface area contributed by atoms with Gasteiger partial charge in [0.05, 0.1) is 33.7 Å². The van der Waals surface area contributed by atoms with Crippen molar-refractivity contribution in [1.82, 2.24) is 5.32 Å². The molecular weight excluding hydrogens is 571 g/mol. The summed E-state index contributed by atoms with van der Waals surface area (Å²) >= 11 is 18.3. The molecule has 2 aromatic rings. The Morgan fingerprint density at radius 1 is 0.973 bits per heavy atom. The zero-order valence-corrected chi connectivity index (χ0v) is 20.5. The van der Waals surface area contributed by atoms with Gasteiger partial charge in [-0.3, -0.25) is 9.59 Å². The molecule has 2 aliphatic rings. The van der Waals surface area contributed by atoms with Crippen LogP contribution in [0.3, 0.4) is 0 Å². The molecule has 0 unspecified atom stereocenters. The van der Waals surface area contributed by atoms with Crippen LogP contribution >= 0.6 is 34.8 Å². The van der Waals surface area contributed by atoms with Crippen LogP contribution < -0.4 is 10.6 Å². The van der Waals surface area contributed by atoms with E-state index in [0.29, 0.717) is 25.0 Å². The lowest BCUT2D eigenvalue weighted by atomic mass is 10.0. The Bertz CT molecular complexity index is 1300. The first kappa shape index (κ1) is 27.4. The van der Waals surface area contributed by atoms with Gasteiger partial charge in [-0.15, -0.1) is 23.2 Å². The molecule has 2 atom stereocenters. The van der Waals surface area contributed by atoms with Gasteiger partial charge >= 0.3 is 12.4 Å². The molecule has 14 heteroatoms. The fourth-order valence-electron chi connectivity index (χ4n) is 3.90. The largest absolute Gasteiger partial charge is 0.416 e. The molecular formula is C23H14Cl3F6N3O2. The monoisotopic (exact) mass is 583 g/mol. The summed E-state index contributed by atoms with van der Waals surface area (Å²) in [5.41, 5.74) is -4.65. The van der Waals surface area contributed by atoms with Crippen molar-refractivity contribution in [2.75, 3.05) is 5.32 Å². The molecule has 2 N–H and O–H groups in total. The maximum absolute atomic E-state index is 13.2. The molecule has 37 heavy (non-hydrogen) atoms. The molecule has 196 valence electrons. The molecule has 2 saturated carbocycles. The Labute approximate surface area is 220 Å². The second-order valence-electron chi connectivity index (χ2n) is 8.80. The second-order valence-corrected chi connectivity index (χ2v) is 10.7. The van der Waals surface area contributed by atoms with Gasteiger partial charge in [0.15, 0.2) is 0 Å². The van der Waals surface area contributed by atoms with E-state index in [9.17, 15) is 35.9 Å². The molecule has 2 aromatic carbocycles. The summed E-state index contributed by atoms with van der Waals surface area (Å²) in [6.45, 7) is 0. The third-order valence-electron chi connectivity index (χ3n) is 6.10. The lowest BCUT2D eigenvalue weighted by molar-refractivity contribution is -0.143.